The van der Waals surface area contributed by atoms with E-state index in [1.54, 1.807) is 4.57 Å². The number of esters is 1. The molecule has 5 rings (SSSR count). The third kappa shape index (κ3) is 5.20. The highest BCUT2D eigenvalue weighted by molar-refractivity contribution is 7.89. The summed E-state index contributed by atoms with van der Waals surface area (Å²) in [5, 5.41) is 0. The first kappa shape index (κ1) is 26.4. The number of carbonyl (C=O) groups is 2. The minimum absolute atomic E-state index is 0.0556. The number of hydrogen-bond donors (Lipinski definition) is 0. The lowest BCUT2D eigenvalue weighted by molar-refractivity contribution is -0.140. The van der Waals surface area contributed by atoms with Crippen molar-refractivity contribution in [3.63, 3.8) is 0 Å². The van der Waals surface area contributed by atoms with Crippen LogP contribution in [-0.4, -0.2) is 62.1 Å². The summed E-state index contributed by atoms with van der Waals surface area (Å²) >= 11 is 1.29. The molecule has 0 bridgehead atoms. The number of ether oxygens (including phenoxy) is 3. The summed E-state index contributed by atoms with van der Waals surface area (Å²) in [7, 11) is -2.32. The lowest BCUT2D eigenvalue weighted by atomic mass is 10.1. The number of sulfonamides is 1. The van der Waals surface area contributed by atoms with E-state index >= 15 is 0 Å². The number of benzene rings is 2. The topological polar surface area (TPSA) is 117 Å². The SMILES string of the molecule is COC(=O)CCn1c(=NC(=O)c2ccc(S(=O)(=O)N3CCCCC3C)cc2)sc2cc3c(cc21)OCCO3. The molecule has 1 fully saturated rings. The maximum absolute atomic E-state index is 13.1. The van der Waals surface area contributed by atoms with Gasteiger partial charge in [-0.15, -0.1) is 0 Å². The number of rotatable bonds is 6. The monoisotopic (exact) mass is 559 g/mol. The Hall–Kier alpha value is -3.22. The fourth-order valence-electron chi connectivity index (χ4n) is 4.70. The molecule has 10 nitrogen and oxygen atoms in total. The van der Waals surface area contributed by atoms with Gasteiger partial charge in [0.05, 0.1) is 28.6 Å². The number of fused-ring (bicyclic) bond motifs is 2. The Morgan fingerprint density at radius 2 is 1.82 bits per heavy atom. The van der Waals surface area contributed by atoms with Crippen molar-refractivity contribution in [2.45, 2.75) is 50.1 Å². The molecule has 2 aliphatic rings. The summed E-state index contributed by atoms with van der Waals surface area (Å²) in [5.74, 6) is 0.302. The van der Waals surface area contributed by atoms with Crippen molar-refractivity contribution >= 4 is 43.5 Å². The molecule has 1 saturated heterocycles. The van der Waals surface area contributed by atoms with Gasteiger partial charge in [-0.3, -0.25) is 9.59 Å². The number of nitrogens with zero attached hydrogens (tertiary/aromatic N) is 3. The highest BCUT2D eigenvalue weighted by Gasteiger charge is 2.31. The summed E-state index contributed by atoms with van der Waals surface area (Å²) in [6, 6.07) is 9.49. The Morgan fingerprint density at radius 1 is 1.11 bits per heavy atom. The van der Waals surface area contributed by atoms with Gasteiger partial charge >= 0.3 is 5.97 Å². The Balaban J connectivity index is 1.47. The Morgan fingerprint density at radius 3 is 2.50 bits per heavy atom. The average Bonchev–Trinajstić information content (AvgIpc) is 3.25. The maximum Gasteiger partial charge on any atom is 0.307 e. The minimum atomic E-state index is -3.64. The van der Waals surface area contributed by atoms with Gasteiger partial charge in [0.1, 0.15) is 13.2 Å². The van der Waals surface area contributed by atoms with E-state index in [2.05, 4.69) is 4.99 Å². The number of methoxy groups -OCH3 is 1. The first-order valence-electron chi connectivity index (χ1n) is 12.5. The van der Waals surface area contributed by atoms with Gasteiger partial charge in [-0.05, 0) is 44.0 Å². The van der Waals surface area contributed by atoms with Crippen LogP contribution < -0.4 is 14.3 Å². The van der Waals surface area contributed by atoms with E-state index in [0.29, 0.717) is 36.1 Å². The second-order valence-corrected chi connectivity index (χ2v) is 12.1. The van der Waals surface area contributed by atoms with Crippen LogP contribution in [0.2, 0.25) is 0 Å². The van der Waals surface area contributed by atoms with E-state index < -0.39 is 15.9 Å². The van der Waals surface area contributed by atoms with Crippen molar-refractivity contribution in [3.05, 3.63) is 46.8 Å². The Kier molecular flexibility index (Phi) is 7.55. The van der Waals surface area contributed by atoms with Gasteiger partial charge in [-0.2, -0.15) is 9.30 Å². The Labute approximate surface area is 224 Å². The predicted molar refractivity (Wildman–Crippen MR) is 141 cm³/mol. The third-order valence-corrected chi connectivity index (χ3v) is 9.83. The van der Waals surface area contributed by atoms with Crippen LogP contribution in [0, 0.1) is 0 Å². The van der Waals surface area contributed by atoms with Crippen LogP contribution in [0.15, 0.2) is 46.3 Å². The second-order valence-electron chi connectivity index (χ2n) is 9.23. The molecule has 3 aromatic rings. The number of aryl methyl sites for hydroxylation is 1. The molecule has 0 saturated carbocycles. The summed E-state index contributed by atoms with van der Waals surface area (Å²) < 4.78 is 46.6. The van der Waals surface area contributed by atoms with E-state index in [-0.39, 0.29) is 35.4 Å². The average molecular weight is 560 g/mol. The highest BCUT2D eigenvalue weighted by Crippen LogP contribution is 2.35. The molecule has 1 amide bonds. The molecule has 38 heavy (non-hydrogen) atoms. The summed E-state index contributed by atoms with van der Waals surface area (Å²) in [4.78, 5) is 29.9. The van der Waals surface area contributed by atoms with Crippen molar-refractivity contribution in [3.8, 4) is 11.5 Å². The first-order chi connectivity index (χ1) is 18.3. The van der Waals surface area contributed by atoms with Crippen LogP contribution in [0.25, 0.3) is 10.2 Å². The molecule has 3 heterocycles. The minimum Gasteiger partial charge on any atom is -0.486 e. The van der Waals surface area contributed by atoms with Crippen LogP contribution >= 0.6 is 11.3 Å². The summed E-state index contributed by atoms with van der Waals surface area (Å²) in [6.07, 6.45) is 2.79. The zero-order chi connectivity index (χ0) is 26.9. The smallest absolute Gasteiger partial charge is 0.307 e. The maximum atomic E-state index is 13.1. The molecule has 0 aliphatic carbocycles. The highest BCUT2D eigenvalue weighted by atomic mass is 32.2. The number of aromatic nitrogens is 1. The van der Waals surface area contributed by atoms with Crippen molar-refractivity contribution < 1.29 is 32.2 Å². The van der Waals surface area contributed by atoms with Gasteiger partial charge in [0.2, 0.25) is 10.0 Å². The molecule has 1 unspecified atom stereocenters. The van der Waals surface area contributed by atoms with Gasteiger partial charge in [0, 0.05) is 36.8 Å². The van der Waals surface area contributed by atoms with E-state index in [1.165, 1.54) is 47.0 Å². The van der Waals surface area contributed by atoms with Gasteiger partial charge in [-0.25, -0.2) is 8.42 Å². The largest absolute Gasteiger partial charge is 0.486 e. The van der Waals surface area contributed by atoms with E-state index in [4.69, 9.17) is 14.2 Å². The zero-order valence-electron chi connectivity index (χ0n) is 21.2. The van der Waals surface area contributed by atoms with Gasteiger partial charge in [-0.1, -0.05) is 17.8 Å². The summed E-state index contributed by atoms with van der Waals surface area (Å²) in [6.45, 7) is 3.55. The molecule has 12 heteroatoms. The fourth-order valence-corrected chi connectivity index (χ4v) is 7.46. The number of thiazole rings is 1. The van der Waals surface area contributed by atoms with Gasteiger partial charge in [0.15, 0.2) is 16.3 Å². The van der Waals surface area contributed by atoms with Crippen LogP contribution in [0.3, 0.4) is 0 Å². The van der Waals surface area contributed by atoms with Crippen molar-refractivity contribution in [1.82, 2.24) is 8.87 Å². The van der Waals surface area contributed by atoms with Crippen molar-refractivity contribution in [1.29, 1.82) is 0 Å². The molecule has 2 aliphatic heterocycles. The molecule has 1 atom stereocenters. The van der Waals surface area contributed by atoms with Crippen molar-refractivity contribution in [2.75, 3.05) is 26.9 Å². The van der Waals surface area contributed by atoms with Crippen LogP contribution in [-0.2, 0) is 26.1 Å². The van der Waals surface area contributed by atoms with E-state index in [0.717, 1.165) is 29.5 Å². The molecule has 202 valence electrons. The molecule has 2 aromatic carbocycles. The number of piperidine rings is 1. The van der Waals surface area contributed by atoms with Crippen LogP contribution in [0.5, 0.6) is 11.5 Å². The second kappa shape index (κ2) is 10.9. The lowest BCUT2D eigenvalue weighted by Crippen LogP contribution is -2.41. The molecular weight excluding hydrogens is 530 g/mol. The predicted octanol–water partition coefficient (Wildman–Crippen LogP) is 3.34. The third-order valence-electron chi connectivity index (χ3n) is 6.76. The standard InChI is InChI=1S/C26H29N3O7S2/c1-17-5-3-4-11-29(17)38(32,33)19-8-6-18(7-9-19)25(31)27-26-28(12-10-24(30)34-2)20-15-21-22(16-23(20)37-26)36-14-13-35-21/h6-9,15-17H,3-5,10-14H2,1-2H3. The number of hydrogen-bond acceptors (Lipinski definition) is 8. The Bertz CT molecular complexity index is 1540. The van der Waals surface area contributed by atoms with Crippen LogP contribution in [0.4, 0.5) is 0 Å². The quantitative estimate of drug-likeness (QED) is 0.425. The van der Waals surface area contributed by atoms with E-state index in [9.17, 15) is 18.0 Å². The molecule has 0 N–H and O–H groups in total. The number of carbonyl (C=O) groups excluding carboxylic acids is 2. The molecule has 0 radical (unpaired) electrons. The molecule has 1 aromatic heterocycles. The van der Waals surface area contributed by atoms with Gasteiger partial charge < -0.3 is 18.8 Å². The lowest BCUT2D eigenvalue weighted by Gasteiger charge is -2.32. The number of amides is 1. The zero-order valence-corrected chi connectivity index (χ0v) is 22.8. The van der Waals surface area contributed by atoms with Gasteiger partial charge in [0.25, 0.3) is 5.91 Å². The first-order valence-corrected chi connectivity index (χ1v) is 14.7. The van der Waals surface area contributed by atoms with Crippen molar-refractivity contribution in [2.24, 2.45) is 4.99 Å². The van der Waals surface area contributed by atoms with E-state index in [1.807, 2.05) is 19.1 Å². The fraction of sp³-hybridized carbons (Fsp3) is 0.423. The molecular formula is C26H29N3O7S2. The normalized spacial score (nSPS) is 18.5. The van der Waals surface area contributed by atoms with Crippen LogP contribution in [0.1, 0.15) is 43.0 Å². The summed E-state index contributed by atoms with van der Waals surface area (Å²) in [5.41, 5.74) is 1.02. The molecule has 0 spiro atoms.